The van der Waals surface area contributed by atoms with Gasteiger partial charge in [0.05, 0.1) is 5.41 Å². The van der Waals surface area contributed by atoms with Gasteiger partial charge >= 0.3 is 5.97 Å². The number of hydrogen-bond donors (Lipinski definition) is 0. The standard InChI is InChI=1S/C19H20BrClO3/c20-15-3-1-2-14(5-15)16(22)10-24-17(23)18-6-12-4-13(7-18)9-19(21,8-12)11-18/h1-3,5,12-13H,4,6-11H2/t12-,13+,18?,19?. The number of rotatable bonds is 4. The number of benzene rings is 1. The van der Waals surface area contributed by atoms with Gasteiger partial charge in [0.2, 0.25) is 0 Å². The molecule has 2 unspecified atom stereocenters. The zero-order chi connectivity index (χ0) is 16.9. The molecule has 1 aromatic carbocycles. The maximum atomic E-state index is 12.8. The van der Waals surface area contributed by atoms with Crippen molar-refractivity contribution >= 4 is 39.3 Å². The molecule has 24 heavy (non-hydrogen) atoms. The Hall–Kier alpha value is -0.870. The van der Waals surface area contributed by atoms with Gasteiger partial charge in [-0.1, -0.05) is 28.1 Å². The van der Waals surface area contributed by atoms with Crippen LogP contribution >= 0.6 is 27.5 Å². The van der Waals surface area contributed by atoms with E-state index in [4.69, 9.17) is 16.3 Å². The molecule has 0 saturated heterocycles. The lowest BCUT2D eigenvalue weighted by atomic mass is 9.49. The van der Waals surface area contributed by atoms with E-state index in [0.717, 1.165) is 30.2 Å². The summed E-state index contributed by atoms with van der Waals surface area (Å²) in [6, 6.07) is 7.14. The van der Waals surface area contributed by atoms with Gasteiger partial charge in [0.1, 0.15) is 0 Å². The number of Topliss-reactive ketones (excluding diaryl/α,β-unsaturated/α-hetero) is 1. The predicted molar refractivity (Wildman–Crippen MR) is 95.1 cm³/mol. The minimum Gasteiger partial charge on any atom is -0.457 e. The lowest BCUT2D eigenvalue weighted by molar-refractivity contribution is -0.168. The van der Waals surface area contributed by atoms with Crippen molar-refractivity contribution in [2.24, 2.45) is 17.3 Å². The number of ketones is 1. The topological polar surface area (TPSA) is 43.4 Å². The summed E-state index contributed by atoms with van der Waals surface area (Å²) in [5, 5.41) is 0. The lowest BCUT2D eigenvalue weighted by Gasteiger charge is -2.58. The Kier molecular flexibility index (Phi) is 4.04. The molecule has 4 bridgehead atoms. The minimum absolute atomic E-state index is 0.171. The molecule has 0 radical (unpaired) electrons. The van der Waals surface area contributed by atoms with Crippen LogP contribution < -0.4 is 0 Å². The van der Waals surface area contributed by atoms with E-state index >= 15 is 0 Å². The summed E-state index contributed by atoms with van der Waals surface area (Å²) in [6.07, 6.45) is 5.71. The van der Waals surface area contributed by atoms with Gasteiger partial charge < -0.3 is 4.74 Å². The number of alkyl halides is 1. The summed E-state index contributed by atoms with van der Waals surface area (Å²) in [5.74, 6) is 0.689. The van der Waals surface area contributed by atoms with Gasteiger partial charge in [-0.05, 0) is 62.5 Å². The molecule has 3 nitrogen and oxygen atoms in total. The first kappa shape index (κ1) is 16.6. The average Bonchev–Trinajstić information content (AvgIpc) is 2.49. The van der Waals surface area contributed by atoms with E-state index in [0.29, 0.717) is 23.8 Å². The highest BCUT2D eigenvalue weighted by atomic mass is 79.9. The van der Waals surface area contributed by atoms with E-state index in [2.05, 4.69) is 15.9 Å². The quantitative estimate of drug-likeness (QED) is 0.408. The summed E-state index contributed by atoms with van der Waals surface area (Å²) in [4.78, 5) is 24.8. The number of halogens is 2. The number of carbonyl (C=O) groups is 2. The zero-order valence-electron chi connectivity index (χ0n) is 13.4. The van der Waals surface area contributed by atoms with Gasteiger partial charge in [-0.3, -0.25) is 9.59 Å². The van der Waals surface area contributed by atoms with Gasteiger partial charge in [0.25, 0.3) is 0 Å². The molecule has 0 aliphatic heterocycles. The van der Waals surface area contributed by atoms with Crippen LogP contribution in [0.25, 0.3) is 0 Å². The molecule has 4 aliphatic rings. The first-order valence-corrected chi connectivity index (χ1v) is 9.70. The molecule has 4 saturated carbocycles. The van der Waals surface area contributed by atoms with Crippen molar-refractivity contribution in [3.05, 3.63) is 34.3 Å². The van der Waals surface area contributed by atoms with Crippen LogP contribution in [0.2, 0.25) is 0 Å². The average molecular weight is 412 g/mol. The normalized spacial score (nSPS) is 36.6. The molecule has 0 amide bonds. The molecule has 4 aliphatic carbocycles. The summed E-state index contributed by atoms with van der Waals surface area (Å²) >= 11 is 10.1. The van der Waals surface area contributed by atoms with Crippen LogP contribution in [0.1, 0.15) is 48.9 Å². The molecule has 0 N–H and O–H groups in total. The largest absolute Gasteiger partial charge is 0.457 e. The third kappa shape index (κ3) is 2.92. The van der Waals surface area contributed by atoms with Crippen molar-refractivity contribution in [1.82, 2.24) is 0 Å². The van der Waals surface area contributed by atoms with Crippen molar-refractivity contribution in [3.8, 4) is 0 Å². The smallest absolute Gasteiger partial charge is 0.312 e. The van der Waals surface area contributed by atoms with Crippen LogP contribution in [0.3, 0.4) is 0 Å². The van der Waals surface area contributed by atoms with Crippen molar-refractivity contribution in [2.75, 3.05) is 6.61 Å². The maximum Gasteiger partial charge on any atom is 0.312 e. The number of esters is 1. The number of hydrogen-bond acceptors (Lipinski definition) is 3. The fourth-order valence-corrected chi connectivity index (χ4v) is 6.51. The van der Waals surface area contributed by atoms with Gasteiger partial charge in [-0.2, -0.15) is 0 Å². The molecule has 5 rings (SSSR count). The van der Waals surface area contributed by atoms with E-state index in [-0.39, 0.29) is 23.2 Å². The van der Waals surface area contributed by atoms with Crippen molar-refractivity contribution in [2.45, 2.75) is 43.4 Å². The van der Waals surface area contributed by atoms with E-state index in [1.165, 1.54) is 6.42 Å². The van der Waals surface area contributed by atoms with E-state index in [1.54, 1.807) is 18.2 Å². The Morgan fingerprint density at radius 3 is 2.54 bits per heavy atom. The molecule has 4 fully saturated rings. The second kappa shape index (κ2) is 5.84. The Morgan fingerprint density at radius 2 is 1.92 bits per heavy atom. The Balaban J connectivity index is 1.44. The van der Waals surface area contributed by atoms with Crippen molar-refractivity contribution in [1.29, 1.82) is 0 Å². The molecule has 0 spiro atoms. The Morgan fingerprint density at radius 1 is 1.21 bits per heavy atom. The third-order valence-corrected chi connectivity index (χ3v) is 6.84. The summed E-state index contributed by atoms with van der Waals surface area (Å²) in [5.41, 5.74) is 0.0973. The molecule has 5 heteroatoms. The molecule has 128 valence electrons. The Bertz CT molecular complexity index is 688. The zero-order valence-corrected chi connectivity index (χ0v) is 15.7. The van der Waals surface area contributed by atoms with E-state index in [1.807, 2.05) is 6.07 Å². The van der Waals surface area contributed by atoms with Crippen LogP contribution in [0.4, 0.5) is 0 Å². The third-order valence-electron chi connectivity index (χ3n) is 5.90. The van der Waals surface area contributed by atoms with Crippen LogP contribution in [0.5, 0.6) is 0 Å². The first-order chi connectivity index (χ1) is 11.4. The minimum atomic E-state index is -0.455. The van der Waals surface area contributed by atoms with Crippen molar-refractivity contribution in [3.63, 3.8) is 0 Å². The summed E-state index contributed by atoms with van der Waals surface area (Å²) < 4.78 is 6.30. The molecule has 0 heterocycles. The predicted octanol–water partition coefficient (Wildman–Crippen LogP) is 4.75. The maximum absolute atomic E-state index is 12.8. The van der Waals surface area contributed by atoms with Crippen molar-refractivity contribution < 1.29 is 14.3 Å². The fourth-order valence-electron chi connectivity index (χ4n) is 5.42. The molecule has 0 aromatic heterocycles. The lowest BCUT2D eigenvalue weighted by Crippen LogP contribution is -2.56. The van der Waals surface area contributed by atoms with Gasteiger partial charge in [-0.15, -0.1) is 11.6 Å². The highest BCUT2D eigenvalue weighted by Gasteiger charge is 2.60. The van der Waals surface area contributed by atoms with Crippen LogP contribution in [-0.2, 0) is 9.53 Å². The van der Waals surface area contributed by atoms with Crippen LogP contribution in [0.15, 0.2) is 28.7 Å². The second-order valence-corrected chi connectivity index (χ2v) is 9.62. The van der Waals surface area contributed by atoms with E-state index in [9.17, 15) is 9.59 Å². The van der Waals surface area contributed by atoms with Gasteiger partial charge in [-0.25, -0.2) is 0 Å². The molecule has 4 atom stereocenters. The first-order valence-electron chi connectivity index (χ1n) is 8.52. The molecular formula is C19H20BrClO3. The molecular weight excluding hydrogens is 392 g/mol. The highest BCUT2D eigenvalue weighted by molar-refractivity contribution is 9.10. The van der Waals surface area contributed by atoms with Crippen LogP contribution in [-0.4, -0.2) is 23.2 Å². The summed E-state index contributed by atoms with van der Waals surface area (Å²) in [6.45, 7) is -0.193. The Labute approximate surface area is 155 Å². The van der Waals surface area contributed by atoms with E-state index < -0.39 is 5.41 Å². The van der Waals surface area contributed by atoms with Crippen LogP contribution in [0, 0.1) is 17.3 Å². The number of carbonyl (C=O) groups excluding carboxylic acids is 2. The van der Waals surface area contributed by atoms with Gasteiger partial charge in [0.15, 0.2) is 12.4 Å². The SMILES string of the molecule is O=C(COC(=O)C12C[C@@H]3C[C@@H](CC(Cl)(C3)C1)C2)c1cccc(Br)c1. The number of ether oxygens (including phenoxy) is 1. The second-order valence-electron chi connectivity index (χ2n) is 7.90. The molecule has 1 aromatic rings. The monoisotopic (exact) mass is 410 g/mol. The van der Waals surface area contributed by atoms with Gasteiger partial charge in [0, 0.05) is 14.9 Å². The highest BCUT2D eigenvalue weighted by Crippen LogP contribution is 2.64. The fraction of sp³-hybridized carbons (Fsp3) is 0.579. The summed E-state index contributed by atoms with van der Waals surface area (Å²) in [7, 11) is 0.